The number of aliphatic imine (C=N–C) groups is 1. The number of pyridine rings is 1. The number of carboxylic acids is 1. The predicted octanol–water partition coefficient (Wildman–Crippen LogP) is 3.35. The van der Waals surface area contributed by atoms with Crippen molar-refractivity contribution in [3.8, 4) is 0 Å². The first-order chi connectivity index (χ1) is 14.2. The maximum atomic E-state index is 11.7. The number of rotatable bonds is 10. The van der Waals surface area contributed by atoms with Crippen molar-refractivity contribution in [2.45, 2.75) is 46.7 Å². The second kappa shape index (κ2) is 10.8. The summed E-state index contributed by atoms with van der Waals surface area (Å²) in [4.78, 5) is 30.8. The molecule has 0 spiro atoms. The number of H-pyrrole nitrogens is 1. The molecule has 7 heteroatoms. The van der Waals surface area contributed by atoms with Gasteiger partial charge in [-0.2, -0.15) is 0 Å². The maximum absolute atomic E-state index is 11.7. The van der Waals surface area contributed by atoms with E-state index >= 15 is 0 Å². The molecule has 30 heavy (non-hydrogen) atoms. The number of aryl methyl sites for hydroxylation is 2. The van der Waals surface area contributed by atoms with E-state index in [0.717, 1.165) is 28.1 Å². The number of aromatic nitrogens is 1. The smallest absolute Gasteiger partial charge is 0.320 e. The van der Waals surface area contributed by atoms with E-state index in [1.54, 1.807) is 20.2 Å². The number of carbonyl (C=O) groups is 1. The molecule has 1 heterocycles. The normalized spacial score (nSPS) is 12.9. The van der Waals surface area contributed by atoms with Gasteiger partial charge in [-0.25, -0.2) is 0 Å². The second-order valence-electron chi connectivity index (χ2n) is 7.73. The van der Waals surface area contributed by atoms with E-state index < -0.39 is 12.0 Å². The van der Waals surface area contributed by atoms with Gasteiger partial charge in [-0.15, -0.1) is 0 Å². The SMILES string of the molecule is COCCC(NCc1ccc(C)c(/N=C(/c2c[nH]c(=O)c(C)c2)C(C)C)c1)C(=O)O. The molecule has 162 valence electrons. The molecule has 0 saturated carbocycles. The molecule has 0 bridgehead atoms. The van der Waals surface area contributed by atoms with Crippen LogP contribution < -0.4 is 10.9 Å². The number of aliphatic carboxylic acids is 1. The highest BCUT2D eigenvalue weighted by molar-refractivity contribution is 6.03. The van der Waals surface area contributed by atoms with E-state index in [0.29, 0.717) is 25.1 Å². The van der Waals surface area contributed by atoms with Crippen LogP contribution in [0.1, 0.15) is 42.5 Å². The van der Waals surface area contributed by atoms with Gasteiger partial charge in [-0.05, 0) is 49.4 Å². The summed E-state index contributed by atoms with van der Waals surface area (Å²) in [5.74, 6) is -0.741. The highest BCUT2D eigenvalue weighted by Crippen LogP contribution is 2.23. The summed E-state index contributed by atoms with van der Waals surface area (Å²) in [6.07, 6.45) is 2.09. The third kappa shape index (κ3) is 6.37. The van der Waals surface area contributed by atoms with Crippen LogP contribution in [0.2, 0.25) is 0 Å². The Morgan fingerprint density at radius 2 is 1.97 bits per heavy atom. The fourth-order valence-corrected chi connectivity index (χ4v) is 3.08. The second-order valence-corrected chi connectivity index (χ2v) is 7.73. The van der Waals surface area contributed by atoms with Crippen LogP contribution in [0.4, 0.5) is 5.69 Å². The van der Waals surface area contributed by atoms with Gasteiger partial charge in [0.1, 0.15) is 6.04 Å². The van der Waals surface area contributed by atoms with Crippen LogP contribution in [-0.4, -0.2) is 41.5 Å². The fraction of sp³-hybridized carbons (Fsp3) is 0.435. The molecule has 1 aromatic carbocycles. The molecule has 0 aliphatic heterocycles. The molecule has 1 atom stereocenters. The summed E-state index contributed by atoms with van der Waals surface area (Å²) in [7, 11) is 1.55. The zero-order valence-electron chi connectivity index (χ0n) is 18.3. The molecule has 3 N–H and O–H groups in total. The van der Waals surface area contributed by atoms with Crippen molar-refractivity contribution in [3.63, 3.8) is 0 Å². The lowest BCUT2D eigenvalue weighted by molar-refractivity contribution is -0.140. The van der Waals surface area contributed by atoms with Crippen LogP contribution in [0.15, 0.2) is 40.2 Å². The molecule has 7 nitrogen and oxygen atoms in total. The lowest BCUT2D eigenvalue weighted by Crippen LogP contribution is -2.37. The number of methoxy groups -OCH3 is 1. The molecule has 2 aromatic rings. The molecule has 1 unspecified atom stereocenters. The zero-order valence-corrected chi connectivity index (χ0v) is 18.3. The lowest BCUT2D eigenvalue weighted by atomic mass is 9.99. The third-order valence-corrected chi connectivity index (χ3v) is 4.91. The molecular formula is C23H31N3O4. The van der Waals surface area contributed by atoms with Crippen LogP contribution in [-0.2, 0) is 16.1 Å². The number of hydrogen-bond donors (Lipinski definition) is 3. The van der Waals surface area contributed by atoms with Gasteiger partial charge in [0.2, 0.25) is 0 Å². The molecular weight excluding hydrogens is 382 g/mol. The number of nitrogens with one attached hydrogen (secondary N) is 2. The topological polar surface area (TPSA) is 104 Å². The highest BCUT2D eigenvalue weighted by atomic mass is 16.5. The summed E-state index contributed by atoms with van der Waals surface area (Å²) in [6.45, 7) is 8.69. The van der Waals surface area contributed by atoms with Crippen molar-refractivity contribution in [2.75, 3.05) is 13.7 Å². The zero-order chi connectivity index (χ0) is 22.3. The largest absolute Gasteiger partial charge is 0.480 e. The number of hydrogen-bond acceptors (Lipinski definition) is 5. The van der Waals surface area contributed by atoms with Gasteiger partial charge in [0.05, 0.1) is 11.4 Å². The van der Waals surface area contributed by atoms with Crippen molar-refractivity contribution in [1.29, 1.82) is 0 Å². The first-order valence-electron chi connectivity index (χ1n) is 10.1. The fourth-order valence-electron chi connectivity index (χ4n) is 3.08. The van der Waals surface area contributed by atoms with Crippen molar-refractivity contribution < 1.29 is 14.6 Å². The molecule has 0 saturated heterocycles. The number of ether oxygens (including phenoxy) is 1. The van der Waals surface area contributed by atoms with E-state index in [4.69, 9.17) is 9.73 Å². The summed E-state index contributed by atoms with van der Waals surface area (Å²) in [5.41, 5.74) is 5.10. The van der Waals surface area contributed by atoms with E-state index in [9.17, 15) is 14.7 Å². The number of nitrogens with zero attached hydrogens (tertiary/aromatic N) is 1. The van der Waals surface area contributed by atoms with Crippen LogP contribution in [0, 0.1) is 19.8 Å². The molecule has 0 aliphatic carbocycles. The van der Waals surface area contributed by atoms with Gasteiger partial charge < -0.3 is 20.1 Å². The highest BCUT2D eigenvalue weighted by Gasteiger charge is 2.16. The van der Waals surface area contributed by atoms with Gasteiger partial charge in [-0.3, -0.25) is 14.6 Å². The van der Waals surface area contributed by atoms with Crippen molar-refractivity contribution in [2.24, 2.45) is 10.9 Å². The Morgan fingerprint density at radius 3 is 2.57 bits per heavy atom. The number of benzene rings is 1. The Kier molecular flexibility index (Phi) is 8.50. The van der Waals surface area contributed by atoms with Crippen molar-refractivity contribution >= 4 is 17.4 Å². The molecule has 0 amide bonds. The van der Waals surface area contributed by atoms with Crippen LogP contribution in [0.5, 0.6) is 0 Å². The van der Waals surface area contributed by atoms with Crippen molar-refractivity contribution in [3.05, 3.63) is 63.1 Å². The van der Waals surface area contributed by atoms with E-state index in [1.165, 1.54) is 0 Å². The minimum absolute atomic E-state index is 0.104. The Hall–Kier alpha value is -2.77. The van der Waals surface area contributed by atoms with Crippen LogP contribution >= 0.6 is 0 Å². The van der Waals surface area contributed by atoms with Crippen LogP contribution in [0.25, 0.3) is 0 Å². The minimum atomic E-state index is -0.895. The molecule has 0 fully saturated rings. The van der Waals surface area contributed by atoms with Gasteiger partial charge in [0.15, 0.2) is 0 Å². The molecule has 2 rings (SSSR count). The van der Waals surface area contributed by atoms with E-state index in [1.807, 2.05) is 31.2 Å². The maximum Gasteiger partial charge on any atom is 0.320 e. The molecule has 0 aliphatic rings. The van der Waals surface area contributed by atoms with Gasteiger partial charge in [0.25, 0.3) is 5.56 Å². The number of aromatic amines is 1. The van der Waals surface area contributed by atoms with Gasteiger partial charge in [0, 0.05) is 37.6 Å². The number of carboxylic acid groups (broad SMARTS) is 1. The average Bonchev–Trinajstić information content (AvgIpc) is 2.69. The molecule has 0 radical (unpaired) electrons. The quantitative estimate of drug-likeness (QED) is 0.518. The summed E-state index contributed by atoms with van der Waals surface area (Å²) in [5, 5.41) is 12.4. The monoisotopic (exact) mass is 413 g/mol. The standard InChI is InChI=1S/C23H31N3O4/c1-14(2)21(18-10-16(4)22(27)25-13-18)26-20-11-17(7-6-15(20)3)12-24-19(23(28)29)8-9-30-5/h6-7,10-11,13-14,19,24H,8-9,12H2,1-5H3,(H,25,27)(H,28,29)/b26-21+. The minimum Gasteiger partial charge on any atom is -0.480 e. The summed E-state index contributed by atoms with van der Waals surface area (Å²) < 4.78 is 4.99. The first kappa shape index (κ1) is 23.5. The average molecular weight is 414 g/mol. The van der Waals surface area contributed by atoms with Crippen molar-refractivity contribution in [1.82, 2.24) is 10.3 Å². The Bertz CT molecular complexity index is 963. The lowest BCUT2D eigenvalue weighted by Gasteiger charge is -2.15. The van der Waals surface area contributed by atoms with E-state index in [-0.39, 0.29) is 11.5 Å². The summed E-state index contributed by atoms with van der Waals surface area (Å²) in [6, 6.07) is 7.10. The summed E-state index contributed by atoms with van der Waals surface area (Å²) >= 11 is 0. The Balaban J connectivity index is 2.30. The predicted molar refractivity (Wildman–Crippen MR) is 119 cm³/mol. The van der Waals surface area contributed by atoms with Gasteiger partial charge >= 0.3 is 5.97 Å². The van der Waals surface area contributed by atoms with Gasteiger partial charge in [-0.1, -0.05) is 26.0 Å². The first-order valence-corrected chi connectivity index (χ1v) is 10.1. The third-order valence-electron chi connectivity index (χ3n) is 4.91. The Labute approximate surface area is 177 Å². The Morgan fingerprint density at radius 1 is 1.23 bits per heavy atom. The van der Waals surface area contributed by atoms with E-state index in [2.05, 4.69) is 24.1 Å². The molecule has 1 aromatic heterocycles. The van der Waals surface area contributed by atoms with Crippen LogP contribution in [0.3, 0.4) is 0 Å².